The molecular formula is C19H15Cl4N3OS. The van der Waals surface area contributed by atoms with Crippen LogP contribution in [0.1, 0.15) is 6.42 Å². The highest BCUT2D eigenvalue weighted by Crippen LogP contribution is 2.25. The Hall–Kier alpha value is -1.50. The first-order chi connectivity index (χ1) is 13.3. The maximum Gasteiger partial charge on any atom is 0.231 e. The second-order valence-corrected chi connectivity index (χ2v) is 8.39. The number of nitrogens with one attached hydrogen (secondary N) is 3. The molecule has 1 aliphatic carbocycles. The zero-order chi connectivity index (χ0) is 20.3. The second-order valence-electron chi connectivity index (χ2n) is 6.24. The van der Waals surface area contributed by atoms with Crippen molar-refractivity contribution in [2.45, 2.75) is 12.5 Å². The molecule has 0 bridgehead atoms. The minimum Gasteiger partial charge on any atom is -0.356 e. The molecule has 1 aliphatic rings. The average molecular weight is 475 g/mol. The molecule has 0 saturated heterocycles. The van der Waals surface area contributed by atoms with Gasteiger partial charge in [-0.1, -0.05) is 58.6 Å². The van der Waals surface area contributed by atoms with Gasteiger partial charge in [-0.05, 0) is 55.0 Å². The van der Waals surface area contributed by atoms with E-state index < -0.39 is 0 Å². The maximum absolute atomic E-state index is 12.5. The summed E-state index contributed by atoms with van der Waals surface area (Å²) in [6, 6.07) is 9.91. The van der Waals surface area contributed by atoms with Gasteiger partial charge in [-0.25, -0.2) is 0 Å². The summed E-state index contributed by atoms with van der Waals surface area (Å²) in [5.74, 6) is -0.432. The SMILES string of the molecule is O=C(Nc1cc(Cl)cc(Cl)c1)[C@H]1C=C[C@@H](NC(=S)Nc2cc(Cl)cc(Cl)c2)C1. The van der Waals surface area contributed by atoms with E-state index in [1.165, 1.54) is 0 Å². The zero-order valence-electron chi connectivity index (χ0n) is 14.3. The van der Waals surface area contributed by atoms with Crippen LogP contribution in [0.25, 0.3) is 0 Å². The molecule has 0 aliphatic heterocycles. The molecule has 146 valence electrons. The third kappa shape index (κ3) is 6.00. The first-order valence-corrected chi connectivity index (χ1v) is 10.2. The molecule has 2 aromatic carbocycles. The molecule has 0 heterocycles. The quantitative estimate of drug-likeness (QED) is 0.366. The molecule has 3 rings (SSSR count). The Bertz CT molecular complexity index is 910. The van der Waals surface area contributed by atoms with Gasteiger partial charge in [-0.3, -0.25) is 4.79 Å². The monoisotopic (exact) mass is 473 g/mol. The largest absolute Gasteiger partial charge is 0.356 e. The molecule has 0 spiro atoms. The summed E-state index contributed by atoms with van der Waals surface area (Å²) in [4.78, 5) is 12.5. The molecule has 2 atom stereocenters. The molecule has 0 aromatic heterocycles. The van der Waals surface area contributed by atoms with E-state index in [0.29, 0.717) is 43.0 Å². The van der Waals surface area contributed by atoms with E-state index >= 15 is 0 Å². The van der Waals surface area contributed by atoms with E-state index in [0.717, 1.165) is 0 Å². The van der Waals surface area contributed by atoms with Crippen molar-refractivity contribution in [1.29, 1.82) is 0 Å². The van der Waals surface area contributed by atoms with E-state index in [2.05, 4.69) is 16.0 Å². The van der Waals surface area contributed by atoms with Crippen molar-refractivity contribution >= 4 is 81.0 Å². The summed E-state index contributed by atoms with van der Waals surface area (Å²) in [5.41, 5.74) is 1.24. The molecule has 3 N–H and O–H groups in total. The van der Waals surface area contributed by atoms with Crippen LogP contribution in [0.3, 0.4) is 0 Å². The number of benzene rings is 2. The molecule has 0 radical (unpaired) electrons. The van der Waals surface area contributed by atoms with Crippen LogP contribution in [0.4, 0.5) is 11.4 Å². The summed E-state index contributed by atoms with van der Waals surface area (Å²) in [7, 11) is 0. The lowest BCUT2D eigenvalue weighted by Gasteiger charge is -2.17. The van der Waals surface area contributed by atoms with Crippen molar-refractivity contribution in [3.05, 3.63) is 68.6 Å². The molecule has 0 saturated carbocycles. The first kappa shape index (κ1) is 21.2. The van der Waals surface area contributed by atoms with Gasteiger partial charge in [-0.15, -0.1) is 0 Å². The number of halogens is 4. The van der Waals surface area contributed by atoms with Crippen molar-refractivity contribution in [2.24, 2.45) is 5.92 Å². The van der Waals surface area contributed by atoms with Gasteiger partial charge in [-0.2, -0.15) is 0 Å². The van der Waals surface area contributed by atoms with E-state index in [9.17, 15) is 4.79 Å². The Morgan fingerprint density at radius 1 is 0.821 bits per heavy atom. The predicted molar refractivity (Wildman–Crippen MR) is 122 cm³/mol. The highest BCUT2D eigenvalue weighted by Gasteiger charge is 2.25. The Balaban J connectivity index is 1.52. The molecular weight excluding hydrogens is 460 g/mol. The highest BCUT2D eigenvalue weighted by atomic mass is 35.5. The standard InChI is InChI=1S/C19H15Cl4N3OS/c20-11-4-12(21)7-16(6-11)24-18(27)10-1-2-15(3-10)25-19(28)26-17-8-13(22)5-14(23)9-17/h1-2,4-10,15H,3H2,(H,24,27)(H2,25,26,28)/t10-,15+/m0/s1. The number of carbonyl (C=O) groups excluding carboxylic acids is 1. The van der Waals surface area contributed by atoms with Crippen LogP contribution >= 0.6 is 58.6 Å². The van der Waals surface area contributed by atoms with Crippen molar-refractivity contribution in [1.82, 2.24) is 5.32 Å². The third-order valence-corrected chi connectivity index (χ3v) is 5.08. The van der Waals surface area contributed by atoms with Gasteiger partial charge < -0.3 is 16.0 Å². The van der Waals surface area contributed by atoms with Crippen LogP contribution in [0.2, 0.25) is 20.1 Å². The van der Waals surface area contributed by atoms with Gasteiger partial charge >= 0.3 is 0 Å². The summed E-state index contributed by atoms with van der Waals surface area (Å²) < 4.78 is 0. The van der Waals surface area contributed by atoms with Crippen molar-refractivity contribution in [3.8, 4) is 0 Å². The molecule has 9 heteroatoms. The number of rotatable bonds is 4. The minimum absolute atomic E-state index is 0.0756. The van der Waals surface area contributed by atoms with Crippen molar-refractivity contribution < 1.29 is 4.79 Å². The van der Waals surface area contributed by atoms with Crippen LogP contribution in [-0.2, 0) is 4.79 Å². The molecule has 0 unspecified atom stereocenters. The van der Waals surface area contributed by atoms with Crippen LogP contribution in [0, 0.1) is 5.92 Å². The van der Waals surface area contributed by atoms with Gasteiger partial charge in [0.05, 0.1) is 5.92 Å². The highest BCUT2D eigenvalue weighted by molar-refractivity contribution is 7.80. The van der Waals surface area contributed by atoms with Gasteiger partial charge in [0.15, 0.2) is 5.11 Å². The topological polar surface area (TPSA) is 53.2 Å². The third-order valence-electron chi connectivity index (χ3n) is 3.99. The predicted octanol–water partition coefficient (Wildman–Crippen LogP) is 6.17. The Morgan fingerprint density at radius 3 is 1.86 bits per heavy atom. The van der Waals surface area contributed by atoms with Gasteiger partial charge in [0.2, 0.25) is 5.91 Å². The number of hydrogen-bond donors (Lipinski definition) is 3. The van der Waals surface area contributed by atoms with E-state index in [4.69, 9.17) is 58.6 Å². The lowest BCUT2D eigenvalue weighted by molar-refractivity contribution is -0.118. The summed E-state index contributed by atoms with van der Waals surface area (Å²) in [6.45, 7) is 0. The molecule has 0 fully saturated rings. The Kier molecular flexibility index (Phi) is 7.07. The van der Waals surface area contributed by atoms with Crippen molar-refractivity contribution in [2.75, 3.05) is 10.6 Å². The van der Waals surface area contributed by atoms with Crippen LogP contribution in [-0.4, -0.2) is 17.1 Å². The number of carbonyl (C=O) groups is 1. The maximum atomic E-state index is 12.5. The molecule has 4 nitrogen and oxygen atoms in total. The molecule has 28 heavy (non-hydrogen) atoms. The van der Waals surface area contributed by atoms with Crippen LogP contribution in [0.5, 0.6) is 0 Å². The Morgan fingerprint density at radius 2 is 1.32 bits per heavy atom. The number of anilines is 2. The van der Waals surface area contributed by atoms with E-state index in [-0.39, 0.29) is 17.9 Å². The fourth-order valence-corrected chi connectivity index (χ4v) is 4.14. The van der Waals surface area contributed by atoms with Gasteiger partial charge in [0.25, 0.3) is 0 Å². The van der Waals surface area contributed by atoms with Crippen LogP contribution < -0.4 is 16.0 Å². The summed E-state index contributed by atoms with van der Waals surface area (Å²) in [6.07, 6.45) is 4.32. The fraction of sp³-hybridized carbons (Fsp3) is 0.158. The second kappa shape index (κ2) is 9.33. The molecule has 2 aromatic rings. The zero-order valence-corrected chi connectivity index (χ0v) is 18.1. The lowest BCUT2D eigenvalue weighted by Crippen LogP contribution is -2.36. The number of hydrogen-bond acceptors (Lipinski definition) is 2. The van der Waals surface area contributed by atoms with Crippen LogP contribution in [0.15, 0.2) is 48.6 Å². The molecule has 1 amide bonds. The van der Waals surface area contributed by atoms with Crippen molar-refractivity contribution in [3.63, 3.8) is 0 Å². The summed E-state index contributed by atoms with van der Waals surface area (Å²) in [5, 5.41) is 11.4. The van der Waals surface area contributed by atoms with E-state index in [1.807, 2.05) is 12.2 Å². The van der Waals surface area contributed by atoms with Gasteiger partial charge in [0.1, 0.15) is 0 Å². The average Bonchev–Trinajstić information content (AvgIpc) is 3.01. The number of thiocarbonyl (C=S) groups is 1. The van der Waals surface area contributed by atoms with Gasteiger partial charge in [0, 0.05) is 37.5 Å². The normalized spacial score (nSPS) is 18.0. The Labute approximate surface area is 188 Å². The number of amides is 1. The summed E-state index contributed by atoms with van der Waals surface area (Å²) >= 11 is 29.2. The fourth-order valence-electron chi connectivity index (χ4n) is 2.82. The smallest absolute Gasteiger partial charge is 0.231 e. The first-order valence-electron chi connectivity index (χ1n) is 8.27. The lowest BCUT2D eigenvalue weighted by atomic mass is 10.1. The van der Waals surface area contributed by atoms with E-state index in [1.54, 1.807) is 36.4 Å². The minimum atomic E-state index is -0.293.